The van der Waals surface area contributed by atoms with Crippen molar-refractivity contribution in [2.45, 2.75) is 45.1 Å². The molecule has 0 spiro atoms. The Balaban J connectivity index is 1.64. The number of hydrogen-bond acceptors (Lipinski definition) is 3. The molecular weight excluding hydrogens is 226 g/mol. The van der Waals surface area contributed by atoms with Crippen LogP contribution in [0, 0.1) is 11.8 Å². The maximum absolute atomic E-state index is 12.1. The maximum Gasteiger partial charge on any atom is 0.223 e. The minimum absolute atomic E-state index is 0.193. The lowest BCUT2D eigenvalue weighted by Gasteiger charge is -2.31. The van der Waals surface area contributed by atoms with Crippen LogP contribution in [0.4, 0.5) is 0 Å². The zero-order chi connectivity index (χ0) is 13.0. The van der Waals surface area contributed by atoms with E-state index in [0.717, 1.165) is 32.4 Å². The number of nitrogens with two attached hydrogens (primary N) is 1. The quantitative estimate of drug-likeness (QED) is 0.784. The monoisotopic (exact) mass is 253 g/mol. The van der Waals surface area contributed by atoms with Gasteiger partial charge in [-0.1, -0.05) is 6.92 Å². The van der Waals surface area contributed by atoms with Crippen LogP contribution in [0.1, 0.15) is 39.0 Å². The second-order valence-corrected chi connectivity index (χ2v) is 5.99. The molecule has 1 amide bonds. The lowest BCUT2D eigenvalue weighted by Crippen LogP contribution is -2.42. The minimum atomic E-state index is 0.193. The van der Waals surface area contributed by atoms with E-state index in [1.165, 1.54) is 25.9 Å². The van der Waals surface area contributed by atoms with Crippen molar-refractivity contribution in [2.75, 3.05) is 26.2 Å². The van der Waals surface area contributed by atoms with Gasteiger partial charge in [0.1, 0.15) is 0 Å². The predicted molar refractivity (Wildman–Crippen MR) is 73.2 cm³/mol. The van der Waals surface area contributed by atoms with Crippen LogP contribution in [0.25, 0.3) is 0 Å². The van der Waals surface area contributed by atoms with Gasteiger partial charge in [0.15, 0.2) is 0 Å². The predicted octanol–water partition coefficient (Wildman–Crippen LogP) is 0.962. The topological polar surface area (TPSA) is 58.4 Å². The fourth-order valence-electron chi connectivity index (χ4n) is 3.15. The lowest BCUT2D eigenvalue weighted by atomic mass is 9.79. The van der Waals surface area contributed by atoms with Gasteiger partial charge in [0.25, 0.3) is 0 Å². The van der Waals surface area contributed by atoms with Crippen LogP contribution in [0.5, 0.6) is 0 Å². The van der Waals surface area contributed by atoms with Crippen LogP contribution in [0.15, 0.2) is 0 Å². The van der Waals surface area contributed by atoms with Crippen molar-refractivity contribution in [3.05, 3.63) is 0 Å². The van der Waals surface area contributed by atoms with Crippen molar-refractivity contribution in [1.82, 2.24) is 10.2 Å². The van der Waals surface area contributed by atoms with Crippen molar-refractivity contribution >= 4 is 5.91 Å². The van der Waals surface area contributed by atoms with Crippen molar-refractivity contribution in [3.63, 3.8) is 0 Å². The lowest BCUT2D eigenvalue weighted by molar-refractivity contribution is -0.126. The standard InChI is InChI=1S/C14H27N3O/c1-11-10-12(4-5-13(11)15)14(18)16-6-9-17-7-2-3-8-17/h11-13H,2-10,15H2,1H3,(H,16,18). The molecule has 3 atom stereocenters. The maximum atomic E-state index is 12.1. The van der Waals surface area contributed by atoms with Gasteiger partial charge in [-0.2, -0.15) is 0 Å². The second-order valence-electron chi connectivity index (χ2n) is 5.99. The molecule has 0 aromatic carbocycles. The number of nitrogens with one attached hydrogen (secondary N) is 1. The van der Waals surface area contributed by atoms with Crippen LogP contribution in [-0.4, -0.2) is 43.0 Å². The van der Waals surface area contributed by atoms with E-state index in [2.05, 4.69) is 17.1 Å². The van der Waals surface area contributed by atoms with E-state index in [1.54, 1.807) is 0 Å². The molecule has 2 aliphatic rings. The van der Waals surface area contributed by atoms with E-state index < -0.39 is 0 Å². The molecule has 3 unspecified atom stereocenters. The summed E-state index contributed by atoms with van der Waals surface area (Å²) in [7, 11) is 0. The van der Waals surface area contributed by atoms with E-state index in [0.29, 0.717) is 12.0 Å². The largest absolute Gasteiger partial charge is 0.355 e. The Kier molecular flexibility index (Phi) is 5.01. The Labute approximate surface area is 110 Å². The Morgan fingerprint density at radius 1 is 1.33 bits per heavy atom. The summed E-state index contributed by atoms with van der Waals surface area (Å²) in [4.78, 5) is 14.5. The third-order valence-corrected chi connectivity index (χ3v) is 4.53. The zero-order valence-electron chi connectivity index (χ0n) is 11.5. The minimum Gasteiger partial charge on any atom is -0.355 e. The number of carbonyl (C=O) groups excluding carboxylic acids is 1. The van der Waals surface area contributed by atoms with Crippen LogP contribution in [0.3, 0.4) is 0 Å². The highest BCUT2D eigenvalue weighted by atomic mass is 16.1. The van der Waals surface area contributed by atoms with E-state index in [1.807, 2.05) is 0 Å². The first-order chi connectivity index (χ1) is 8.66. The summed E-state index contributed by atoms with van der Waals surface area (Å²) in [6.45, 7) is 6.37. The summed E-state index contributed by atoms with van der Waals surface area (Å²) in [6, 6.07) is 0.290. The van der Waals surface area contributed by atoms with Gasteiger partial charge < -0.3 is 16.0 Å². The van der Waals surface area contributed by atoms with E-state index in [9.17, 15) is 4.79 Å². The fourth-order valence-corrected chi connectivity index (χ4v) is 3.15. The third kappa shape index (κ3) is 3.69. The zero-order valence-corrected chi connectivity index (χ0v) is 11.5. The summed E-state index contributed by atoms with van der Waals surface area (Å²) < 4.78 is 0. The highest BCUT2D eigenvalue weighted by Gasteiger charge is 2.29. The molecule has 3 N–H and O–H groups in total. The van der Waals surface area contributed by atoms with Gasteiger partial charge in [0, 0.05) is 25.0 Å². The summed E-state index contributed by atoms with van der Waals surface area (Å²) >= 11 is 0. The van der Waals surface area contributed by atoms with Crippen LogP contribution >= 0.6 is 0 Å². The number of carbonyl (C=O) groups is 1. The summed E-state index contributed by atoms with van der Waals surface area (Å²) in [5, 5.41) is 3.09. The molecule has 0 radical (unpaired) electrons. The van der Waals surface area contributed by atoms with Gasteiger partial charge in [-0.25, -0.2) is 0 Å². The van der Waals surface area contributed by atoms with Gasteiger partial charge >= 0.3 is 0 Å². The number of nitrogens with zero attached hydrogens (tertiary/aromatic N) is 1. The summed E-state index contributed by atoms with van der Waals surface area (Å²) in [5.74, 6) is 0.916. The number of amides is 1. The molecule has 1 saturated heterocycles. The molecule has 104 valence electrons. The van der Waals surface area contributed by atoms with Crippen LogP contribution in [0.2, 0.25) is 0 Å². The summed E-state index contributed by atoms with van der Waals surface area (Å²) in [5.41, 5.74) is 5.99. The van der Waals surface area contributed by atoms with E-state index in [-0.39, 0.29) is 11.8 Å². The molecule has 4 heteroatoms. The molecule has 1 heterocycles. The van der Waals surface area contributed by atoms with Crippen LogP contribution in [-0.2, 0) is 4.79 Å². The van der Waals surface area contributed by atoms with Crippen LogP contribution < -0.4 is 11.1 Å². The highest BCUT2D eigenvalue weighted by Crippen LogP contribution is 2.27. The molecule has 0 bridgehead atoms. The molecule has 0 aromatic rings. The van der Waals surface area contributed by atoms with Gasteiger partial charge in [-0.05, 0) is 51.1 Å². The molecule has 0 aromatic heterocycles. The van der Waals surface area contributed by atoms with Gasteiger partial charge in [0.2, 0.25) is 5.91 Å². The molecule has 1 aliphatic carbocycles. The van der Waals surface area contributed by atoms with E-state index in [4.69, 9.17) is 5.73 Å². The van der Waals surface area contributed by atoms with E-state index >= 15 is 0 Å². The van der Waals surface area contributed by atoms with Gasteiger partial charge in [0.05, 0.1) is 0 Å². The third-order valence-electron chi connectivity index (χ3n) is 4.53. The summed E-state index contributed by atoms with van der Waals surface area (Å²) in [6.07, 6.45) is 5.53. The Morgan fingerprint density at radius 3 is 2.72 bits per heavy atom. The molecular formula is C14H27N3O. The average molecular weight is 253 g/mol. The first kappa shape index (κ1) is 13.8. The van der Waals surface area contributed by atoms with Crippen molar-refractivity contribution in [2.24, 2.45) is 17.6 Å². The molecule has 1 aliphatic heterocycles. The fraction of sp³-hybridized carbons (Fsp3) is 0.929. The second kappa shape index (κ2) is 6.53. The highest BCUT2D eigenvalue weighted by molar-refractivity contribution is 5.78. The number of likely N-dealkylation sites (tertiary alicyclic amines) is 1. The Bertz CT molecular complexity index is 276. The first-order valence-electron chi connectivity index (χ1n) is 7.42. The number of rotatable bonds is 4. The Morgan fingerprint density at radius 2 is 2.06 bits per heavy atom. The Hall–Kier alpha value is -0.610. The number of hydrogen-bond donors (Lipinski definition) is 2. The molecule has 4 nitrogen and oxygen atoms in total. The van der Waals surface area contributed by atoms with Crippen molar-refractivity contribution < 1.29 is 4.79 Å². The molecule has 2 rings (SSSR count). The van der Waals surface area contributed by atoms with Gasteiger partial charge in [-0.3, -0.25) is 4.79 Å². The smallest absolute Gasteiger partial charge is 0.223 e. The van der Waals surface area contributed by atoms with Crippen molar-refractivity contribution in [1.29, 1.82) is 0 Å². The van der Waals surface area contributed by atoms with Gasteiger partial charge in [-0.15, -0.1) is 0 Å². The average Bonchev–Trinajstić information content (AvgIpc) is 2.85. The molecule has 1 saturated carbocycles. The molecule has 2 fully saturated rings. The van der Waals surface area contributed by atoms with Crippen molar-refractivity contribution in [3.8, 4) is 0 Å². The normalized spacial score (nSPS) is 33.6. The molecule has 18 heavy (non-hydrogen) atoms. The first-order valence-corrected chi connectivity index (χ1v) is 7.42. The SMILES string of the molecule is CC1CC(C(=O)NCCN2CCCC2)CCC1N.